The maximum Gasteiger partial charge on any atom is 0.337 e. The summed E-state index contributed by atoms with van der Waals surface area (Å²) < 4.78 is 13.0. The molecule has 0 spiro atoms. The fourth-order valence-corrected chi connectivity index (χ4v) is 5.10. The van der Waals surface area contributed by atoms with Crippen molar-refractivity contribution in [1.82, 2.24) is 4.57 Å². The zero-order valence-electron chi connectivity index (χ0n) is 21.7. The van der Waals surface area contributed by atoms with Gasteiger partial charge in [0, 0.05) is 35.2 Å². The number of ether oxygens (including phenoxy) is 2. The van der Waals surface area contributed by atoms with Crippen LogP contribution < -0.4 is 4.74 Å². The Hall–Kier alpha value is -4.91. The van der Waals surface area contributed by atoms with Crippen LogP contribution in [0.3, 0.4) is 0 Å². The molecule has 1 heterocycles. The van der Waals surface area contributed by atoms with E-state index in [0.717, 1.165) is 33.3 Å². The first-order valence-electron chi connectivity index (χ1n) is 12.7. The molecule has 0 aliphatic carbocycles. The first-order chi connectivity index (χ1) is 19.0. The SMILES string of the molecule is COC(=O)c1ccc(OCCc2c(C)n(C(c3ccccc3)c3ccccc3)c3ccc([N+](=O)[O-])cc23)cc1. The molecule has 0 saturated carbocycles. The molecule has 0 aliphatic rings. The van der Waals surface area contributed by atoms with Crippen molar-refractivity contribution in [3.8, 4) is 5.75 Å². The molecule has 1 aromatic heterocycles. The standard InChI is InChI=1S/C32H28N2O5/c1-22-28(19-20-39-27-16-13-25(14-17-27)32(35)38-2)29-21-26(34(36)37)15-18-30(29)33(22)31(23-9-5-3-6-10-23)24-11-7-4-8-12-24/h3-18,21,31H,19-20H2,1-2H3. The summed E-state index contributed by atoms with van der Waals surface area (Å²) in [5, 5.41) is 12.5. The van der Waals surface area contributed by atoms with E-state index in [2.05, 4.69) is 35.8 Å². The first-order valence-corrected chi connectivity index (χ1v) is 12.7. The summed E-state index contributed by atoms with van der Waals surface area (Å²) in [5.41, 5.74) is 5.68. The molecule has 7 heteroatoms. The molecule has 4 aromatic carbocycles. The van der Waals surface area contributed by atoms with Crippen LogP contribution in [0.4, 0.5) is 5.69 Å². The number of carbonyl (C=O) groups is 1. The van der Waals surface area contributed by atoms with Crippen LogP contribution in [0.5, 0.6) is 5.75 Å². The number of methoxy groups -OCH3 is 1. The van der Waals surface area contributed by atoms with E-state index in [-0.39, 0.29) is 16.7 Å². The van der Waals surface area contributed by atoms with Crippen molar-refractivity contribution in [2.24, 2.45) is 0 Å². The highest BCUT2D eigenvalue weighted by atomic mass is 16.6. The van der Waals surface area contributed by atoms with Crippen LogP contribution >= 0.6 is 0 Å². The third-order valence-corrected chi connectivity index (χ3v) is 6.96. The molecule has 0 unspecified atom stereocenters. The van der Waals surface area contributed by atoms with Crippen LogP contribution in [0, 0.1) is 17.0 Å². The smallest absolute Gasteiger partial charge is 0.337 e. The van der Waals surface area contributed by atoms with Gasteiger partial charge < -0.3 is 14.0 Å². The molecule has 0 aliphatic heterocycles. The van der Waals surface area contributed by atoms with E-state index in [0.29, 0.717) is 24.3 Å². The predicted octanol–water partition coefficient (Wildman–Crippen LogP) is 6.90. The van der Waals surface area contributed by atoms with Gasteiger partial charge in [0.2, 0.25) is 0 Å². The fraction of sp³-hybridized carbons (Fsp3) is 0.156. The molecule has 0 saturated heterocycles. The normalized spacial score (nSPS) is 11.1. The Morgan fingerprint density at radius 1 is 0.897 bits per heavy atom. The Balaban J connectivity index is 1.55. The van der Waals surface area contributed by atoms with Gasteiger partial charge in [-0.1, -0.05) is 60.7 Å². The zero-order valence-corrected chi connectivity index (χ0v) is 21.7. The van der Waals surface area contributed by atoms with Crippen molar-refractivity contribution in [2.45, 2.75) is 19.4 Å². The van der Waals surface area contributed by atoms with Crippen LogP contribution in [0.1, 0.15) is 38.8 Å². The molecule has 5 rings (SSSR count). The molecular weight excluding hydrogens is 492 g/mol. The van der Waals surface area contributed by atoms with E-state index in [4.69, 9.17) is 9.47 Å². The second-order valence-electron chi connectivity index (χ2n) is 9.23. The number of aromatic nitrogens is 1. The van der Waals surface area contributed by atoms with Crippen molar-refractivity contribution in [2.75, 3.05) is 13.7 Å². The van der Waals surface area contributed by atoms with Crippen molar-refractivity contribution in [3.63, 3.8) is 0 Å². The predicted molar refractivity (Wildman–Crippen MR) is 150 cm³/mol. The number of hydrogen-bond acceptors (Lipinski definition) is 5. The van der Waals surface area contributed by atoms with Gasteiger partial charge in [-0.05, 0) is 53.9 Å². The average molecular weight is 521 g/mol. The van der Waals surface area contributed by atoms with Crippen molar-refractivity contribution >= 4 is 22.6 Å². The van der Waals surface area contributed by atoms with E-state index in [1.54, 1.807) is 36.4 Å². The van der Waals surface area contributed by atoms with Gasteiger partial charge in [-0.25, -0.2) is 4.79 Å². The number of rotatable bonds is 9. The summed E-state index contributed by atoms with van der Waals surface area (Å²) in [6, 6.07) is 32.2. The van der Waals surface area contributed by atoms with E-state index in [9.17, 15) is 14.9 Å². The second kappa shape index (κ2) is 11.2. The number of nitro groups is 1. The lowest BCUT2D eigenvalue weighted by Gasteiger charge is -2.23. The second-order valence-corrected chi connectivity index (χ2v) is 9.23. The van der Waals surface area contributed by atoms with Crippen molar-refractivity contribution < 1.29 is 19.2 Å². The third kappa shape index (κ3) is 5.25. The molecule has 0 amide bonds. The summed E-state index contributed by atoms with van der Waals surface area (Å²) in [4.78, 5) is 23.0. The minimum absolute atomic E-state index is 0.0520. The minimum Gasteiger partial charge on any atom is -0.493 e. The number of nitro benzene ring substituents is 1. The van der Waals surface area contributed by atoms with Gasteiger partial charge in [0.15, 0.2) is 0 Å². The summed E-state index contributed by atoms with van der Waals surface area (Å²) in [7, 11) is 1.34. The van der Waals surface area contributed by atoms with Crippen LogP contribution in [-0.2, 0) is 11.2 Å². The Bertz CT molecular complexity index is 1570. The highest BCUT2D eigenvalue weighted by molar-refractivity contribution is 5.89. The van der Waals surface area contributed by atoms with Crippen molar-refractivity contribution in [3.05, 3.63) is 141 Å². The summed E-state index contributed by atoms with van der Waals surface area (Å²) in [6.45, 7) is 2.42. The monoisotopic (exact) mass is 520 g/mol. The molecule has 0 N–H and O–H groups in total. The van der Waals surface area contributed by atoms with Crippen LogP contribution in [0.25, 0.3) is 10.9 Å². The Kier molecular flexibility index (Phi) is 7.41. The van der Waals surface area contributed by atoms with E-state index in [1.165, 1.54) is 7.11 Å². The molecule has 0 bridgehead atoms. The Morgan fingerprint density at radius 3 is 2.08 bits per heavy atom. The van der Waals surface area contributed by atoms with Gasteiger partial charge in [-0.2, -0.15) is 0 Å². The van der Waals surface area contributed by atoms with Crippen LogP contribution in [0.15, 0.2) is 103 Å². The average Bonchev–Trinajstić information content (AvgIpc) is 3.24. The van der Waals surface area contributed by atoms with E-state index in [1.807, 2.05) is 42.5 Å². The van der Waals surface area contributed by atoms with Crippen molar-refractivity contribution in [1.29, 1.82) is 0 Å². The Morgan fingerprint density at radius 2 is 1.51 bits per heavy atom. The number of hydrogen-bond donors (Lipinski definition) is 0. The topological polar surface area (TPSA) is 83.6 Å². The molecule has 39 heavy (non-hydrogen) atoms. The molecule has 196 valence electrons. The summed E-state index contributed by atoms with van der Waals surface area (Å²) in [5.74, 6) is 0.222. The molecule has 5 aromatic rings. The number of non-ortho nitro benzene ring substituents is 1. The minimum atomic E-state index is -0.405. The largest absolute Gasteiger partial charge is 0.493 e. The van der Waals surface area contributed by atoms with Gasteiger partial charge in [0.25, 0.3) is 5.69 Å². The zero-order chi connectivity index (χ0) is 27.4. The maximum absolute atomic E-state index is 11.7. The number of esters is 1. The molecule has 0 atom stereocenters. The van der Waals surface area contributed by atoms with Gasteiger partial charge in [0.05, 0.1) is 30.2 Å². The number of fused-ring (bicyclic) bond motifs is 1. The summed E-state index contributed by atoms with van der Waals surface area (Å²) in [6.07, 6.45) is 0.547. The number of carbonyl (C=O) groups excluding carboxylic acids is 1. The van der Waals surface area contributed by atoms with Gasteiger partial charge >= 0.3 is 5.97 Å². The van der Waals surface area contributed by atoms with E-state index >= 15 is 0 Å². The lowest BCUT2D eigenvalue weighted by atomic mass is 9.98. The molecule has 0 fully saturated rings. The lowest BCUT2D eigenvalue weighted by Crippen LogP contribution is -2.14. The molecular formula is C32H28N2O5. The Labute approximate surface area is 226 Å². The highest BCUT2D eigenvalue weighted by Crippen LogP contribution is 2.37. The van der Waals surface area contributed by atoms with Gasteiger partial charge in [0.1, 0.15) is 5.75 Å². The maximum atomic E-state index is 11.7. The van der Waals surface area contributed by atoms with Crippen LogP contribution in [-0.4, -0.2) is 29.2 Å². The summed E-state index contributed by atoms with van der Waals surface area (Å²) >= 11 is 0. The third-order valence-electron chi connectivity index (χ3n) is 6.96. The fourth-order valence-electron chi connectivity index (χ4n) is 5.10. The highest BCUT2D eigenvalue weighted by Gasteiger charge is 2.24. The first kappa shape index (κ1) is 25.7. The molecule has 0 radical (unpaired) electrons. The van der Waals surface area contributed by atoms with E-state index < -0.39 is 5.97 Å². The number of benzene rings is 4. The number of nitrogens with zero attached hydrogens (tertiary/aromatic N) is 2. The van der Waals surface area contributed by atoms with Gasteiger partial charge in [-0.15, -0.1) is 0 Å². The molecule has 7 nitrogen and oxygen atoms in total. The lowest BCUT2D eigenvalue weighted by molar-refractivity contribution is -0.384. The van der Waals surface area contributed by atoms with Gasteiger partial charge in [-0.3, -0.25) is 10.1 Å². The quantitative estimate of drug-likeness (QED) is 0.120. The van der Waals surface area contributed by atoms with Crippen LogP contribution in [0.2, 0.25) is 0 Å².